The van der Waals surface area contributed by atoms with Gasteiger partial charge in [0.05, 0.1) is 19.8 Å². The average Bonchev–Trinajstić information content (AvgIpc) is 2.49. The zero-order chi connectivity index (χ0) is 16.8. The molecule has 22 heavy (non-hydrogen) atoms. The molecule has 120 valence electrons. The van der Waals surface area contributed by atoms with Crippen LogP contribution in [0.2, 0.25) is 0 Å². The van der Waals surface area contributed by atoms with Crippen molar-refractivity contribution >= 4 is 12.1 Å². The predicted molar refractivity (Wildman–Crippen MR) is 92.7 cm³/mol. The highest BCUT2D eigenvalue weighted by molar-refractivity contribution is 6.05. The number of benzene rings is 1. The molecule has 0 aliphatic rings. The first-order valence-electron chi connectivity index (χ1n) is 7.31. The van der Waals surface area contributed by atoms with Gasteiger partial charge in [-0.3, -0.25) is 5.41 Å². The van der Waals surface area contributed by atoms with E-state index in [9.17, 15) is 0 Å². The van der Waals surface area contributed by atoms with Crippen LogP contribution in [0.25, 0.3) is 0 Å². The van der Waals surface area contributed by atoms with Gasteiger partial charge in [-0.1, -0.05) is 26.8 Å². The molecule has 1 aromatic carbocycles. The first-order valence-corrected chi connectivity index (χ1v) is 7.31. The quantitative estimate of drug-likeness (QED) is 0.644. The Bertz CT molecular complexity index is 581. The lowest BCUT2D eigenvalue weighted by Gasteiger charge is -2.18. The molecule has 4 heteroatoms. The fourth-order valence-electron chi connectivity index (χ4n) is 2.05. The number of hydrogen-bond acceptors (Lipinski definition) is 3. The summed E-state index contributed by atoms with van der Waals surface area (Å²) in [6.45, 7) is 8.54. The van der Waals surface area contributed by atoms with Gasteiger partial charge in [-0.25, -0.2) is 4.99 Å². The van der Waals surface area contributed by atoms with Gasteiger partial charge in [-0.15, -0.1) is 0 Å². The van der Waals surface area contributed by atoms with Crippen molar-refractivity contribution in [3.63, 3.8) is 0 Å². The van der Waals surface area contributed by atoms with E-state index in [1.807, 2.05) is 13.0 Å². The van der Waals surface area contributed by atoms with Crippen molar-refractivity contribution in [1.82, 2.24) is 0 Å². The Morgan fingerprint density at radius 1 is 1.23 bits per heavy atom. The average molecular weight is 302 g/mol. The monoisotopic (exact) mass is 302 g/mol. The van der Waals surface area contributed by atoms with Gasteiger partial charge >= 0.3 is 0 Å². The van der Waals surface area contributed by atoms with Gasteiger partial charge in [-0.05, 0) is 36.5 Å². The van der Waals surface area contributed by atoms with Crippen LogP contribution in [0.15, 0.2) is 34.8 Å². The molecule has 1 rings (SSSR count). The molecule has 0 unspecified atom stereocenters. The van der Waals surface area contributed by atoms with Crippen LogP contribution in [0.5, 0.6) is 11.5 Å². The third kappa shape index (κ3) is 5.35. The number of rotatable bonds is 5. The second kappa shape index (κ2) is 7.78. The minimum Gasteiger partial charge on any atom is -0.497 e. The van der Waals surface area contributed by atoms with E-state index in [2.05, 4.69) is 25.8 Å². The lowest BCUT2D eigenvalue weighted by atomic mass is 9.88. The Balaban J connectivity index is 2.95. The summed E-state index contributed by atoms with van der Waals surface area (Å²) >= 11 is 0. The second-order valence-corrected chi connectivity index (χ2v) is 6.27. The van der Waals surface area contributed by atoms with Crippen molar-refractivity contribution in [2.75, 3.05) is 14.2 Å². The largest absolute Gasteiger partial charge is 0.497 e. The third-order valence-electron chi connectivity index (χ3n) is 3.13. The smallest absolute Gasteiger partial charge is 0.155 e. The number of nitrogens with zero attached hydrogens (tertiary/aromatic N) is 1. The molecule has 0 fully saturated rings. The van der Waals surface area contributed by atoms with Crippen molar-refractivity contribution in [3.05, 3.63) is 35.4 Å². The Hall–Kier alpha value is -2.10. The van der Waals surface area contributed by atoms with Gasteiger partial charge in [0.1, 0.15) is 11.5 Å². The van der Waals surface area contributed by atoms with E-state index >= 15 is 0 Å². The lowest BCUT2D eigenvalue weighted by Crippen LogP contribution is -2.08. The molecular weight excluding hydrogens is 276 g/mol. The highest BCUT2D eigenvalue weighted by atomic mass is 16.5. The van der Waals surface area contributed by atoms with Crippen LogP contribution in [0.4, 0.5) is 0 Å². The van der Waals surface area contributed by atoms with Gasteiger partial charge in [0.15, 0.2) is 5.84 Å². The highest BCUT2D eigenvalue weighted by Crippen LogP contribution is 2.26. The summed E-state index contributed by atoms with van der Waals surface area (Å²) in [5.41, 5.74) is 1.95. The first kappa shape index (κ1) is 18.0. The molecule has 4 nitrogen and oxygen atoms in total. The van der Waals surface area contributed by atoms with E-state index in [1.54, 1.807) is 38.6 Å². The Labute approximate surface area is 133 Å². The maximum atomic E-state index is 8.15. The molecule has 0 saturated carbocycles. The summed E-state index contributed by atoms with van der Waals surface area (Å²) in [6.07, 6.45) is 4.71. The Morgan fingerprint density at radius 3 is 2.41 bits per heavy atom. The Morgan fingerprint density at radius 2 is 1.91 bits per heavy atom. The summed E-state index contributed by atoms with van der Waals surface area (Å²) in [5.74, 6) is 1.45. The minimum absolute atomic E-state index is 0.174. The van der Waals surface area contributed by atoms with Gasteiger partial charge < -0.3 is 9.47 Å². The van der Waals surface area contributed by atoms with E-state index < -0.39 is 0 Å². The normalized spacial score (nSPS) is 12.5. The number of ether oxygens (including phenoxy) is 2. The van der Waals surface area contributed by atoms with Crippen LogP contribution in [0.1, 0.15) is 39.7 Å². The van der Waals surface area contributed by atoms with Gasteiger partial charge in [0.2, 0.25) is 0 Å². The second-order valence-electron chi connectivity index (χ2n) is 6.27. The molecule has 0 spiro atoms. The number of hydrogen-bond donors (Lipinski definition) is 1. The van der Waals surface area contributed by atoms with Gasteiger partial charge in [0.25, 0.3) is 0 Å². The summed E-state index contributed by atoms with van der Waals surface area (Å²) < 4.78 is 10.5. The maximum Gasteiger partial charge on any atom is 0.155 e. The van der Waals surface area contributed by atoms with Crippen molar-refractivity contribution < 1.29 is 9.47 Å². The van der Waals surface area contributed by atoms with Crippen LogP contribution in [0.3, 0.4) is 0 Å². The number of methoxy groups -OCH3 is 2. The molecule has 1 N–H and O–H groups in total. The van der Waals surface area contributed by atoms with Crippen molar-refractivity contribution in [1.29, 1.82) is 5.41 Å². The van der Waals surface area contributed by atoms with E-state index in [0.29, 0.717) is 17.1 Å². The highest BCUT2D eigenvalue weighted by Gasteiger charge is 2.12. The summed E-state index contributed by atoms with van der Waals surface area (Å²) in [6, 6.07) is 5.34. The molecule has 0 saturated heterocycles. The molecule has 0 aliphatic carbocycles. The van der Waals surface area contributed by atoms with Crippen LogP contribution in [0, 0.1) is 10.8 Å². The fourth-order valence-corrected chi connectivity index (χ4v) is 2.05. The SMILES string of the molecule is C/C=C(\C=NC(=N)c1ccc(OC)cc1OC)CC(C)(C)C. The molecule has 0 bridgehead atoms. The van der Waals surface area contributed by atoms with E-state index in [-0.39, 0.29) is 11.3 Å². The molecule has 0 radical (unpaired) electrons. The zero-order valence-electron chi connectivity index (χ0n) is 14.4. The van der Waals surface area contributed by atoms with E-state index in [4.69, 9.17) is 14.9 Å². The van der Waals surface area contributed by atoms with Gasteiger partial charge in [-0.2, -0.15) is 0 Å². The topological polar surface area (TPSA) is 54.7 Å². The summed E-state index contributed by atoms with van der Waals surface area (Å²) in [4.78, 5) is 4.28. The van der Waals surface area contributed by atoms with Crippen LogP contribution < -0.4 is 9.47 Å². The van der Waals surface area contributed by atoms with Crippen LogP contribution in [-0.4, -0.2) is 26.3 Å². The molecule has 1 aromatic rings. The molecule has 0 atom stereocenters. The van der Waals surface area contributed by atoms with Crippen molar-refractivity contribution in [2.24, 2.45) is 10.4 Å². The Kier molecular flexibility index (Phi) is 6.35. The minimum atomic E-state index is 0.174. The number of allylic oxidation sites excluding steroid dienone is 2. The number of nitrogens with one attached hydrogen (secondary N) is 1. The predicted octanol–water partition coefficient (Wildman–Crippen LogP) is 4.48. The molecule has 0 aliphatic heterocycles. The fraction of sp³-hybridized carbons (Fsp3) is 0.444. The first-order chi connectivity index (χ1) is 10.3. The number of amidine groups is 1. The summed E-state index contributed by atoms with van der Waals surface area (Å²) in [7, 11) is 3.18. The third-order valence-corrected chi connectivity index (χ3v) is 3.13. The van der Waals surface area contributed by atoms with Crippen LogP contribution in [-0.2, 0) is 0 Å². The lowest BCUT2D eigenvalue weighted by molar-refractivity contribution is 0.394. The van der Waals surface area contributed by atoms with Crippen LogP contribution >= 0.6 is 0 Å². The summed E-state index contributed by atoms with van der Waals surface area (Å²) in [5, 5.41) is 8.15. The van der Waals surface area contributed by atoms with E-state index in [1.165, 1.54) is 0 Å². The van der Waals surface area contributed by atoms with E-state index in [0.717, 1.165) is 12.0 Å². The standard InChI is InChI=1S/C18H26N2O2/c1-7-13(11-18(2,3)4)12-20-17(19)15-9-8-14(21-5)10-16(15)22-6/h7-10,12,19H,11H2,1-6H3/b13-7-,19-17?,20-12?. The molecule has 0 heterocycles. The van der Waals surface area contributed by atoms with Crippen molar-refractivity contribution in [2.45, 2.75) is 34.1 Å². The zero-order valence-corrected chi connectivity index (χ0v) is 14.4. The molecule has 0 amide bonds. The van der Waals surface area contributed by atoms with Gasteiger partial charge in [0, 0.05) is 12.3 Å². The molecular formula is C18H26N2O2. The maximum absolute atomic E-state index is 8.15. The number of aliphatic imine (C=N–C) groups is 1. The van der Waals surface area contributed by atoms with Crippen molar-refractivity contribution in [3.8, 4) is 11.5 Å². The molecule has 0 aromatic heterocycles.